The zero-order valence-electron chi connectivity index (χ0n) is 15.8. The Balaban J connectivity index is 1.57. The fourth-order valence-electron chi connectivity index (χ4n) is 3.84. The predicted molar refractivity (Wildman–Crippen MR) is 106 cm³/mol. The molecule has 4 rings (SSSR count). The van der Waals surface area contributed by atoms with E-state index in [2.05, 4.69) is 5.48 Å². The van der Waals surface area contributed by atoms with Gasteiger partial charge in [-0.05, 0) is 32.2 Å². The van der Waals surface area contributed by atoms with Crippen LogP contribution in [0, 0.1) is 0 Å². The van der Waals surface area contributed by atoms with Gasteiger partial charge >= 0.3 is 5.97 Å². The third-order valence-electron chi connectivity index (χ3n) is 5.11. The second-order valence-corrected chi connectivity index (χ2v) is 9.11. The number of β-lactam (4-membered cyclic amide) rings is 1. The van der Waals surface area contributed by atoms with E-state index >= 15 is 0 Å². The summed E-state index contributed by atoms with van der Waals surface area (Å²) >= 11 is 1.47. The molecular weight excluding hydrogens is 380 g/mol. The Hall–Kier alpha value is -2.45. The van der Waals surface area contributed by atoms with Gasteiger partial charge < -0.3 is 19.6 Å². The number of nitrogens with zero attached hydrogens (tertiary/aromatic N) is 1. The van der Waals surface area contributed by atoms with Crippen molar-refractivity contribution < 1.29 is 24.3 Å². The fourth-order valence-corrected chi connectivity index (χ4v) is 5.45. The van der Waals surface area contributed by atoms with Gasteiger partial charge in [0.1, 0.15) is 11.4 Å². The largest absolute Gasteiger partial charge is 0.490 e. The molecule has 0 radical (unpaired) electrons. The molecule has 0 aromatic heterocycles. The molecule has 0 spiro atoms. The van der Waals surface area contributed by atoms with Crippen LogP contribution in [-0.2, 0) is 9.59 Å². The highest BCUT2D eigenvalue weighted by Gasteiger charge is 2.64. The van der Waals surface area contributed by atoms with E-state index in [-0.39, 0.29) is 11.3 Å². The summed E-state index contributed by atoms with van der Waals surface area (Å²) < 4.78 is 5.11. The van der Waals surface area contributed by atoms with Crippen molar-refractivity contribution in [1.29, 1.82) is 0 Å². The lowest BCUT2D eigenvalue weighted by Crippen LogP contribution is -2.70. The van der Waals surface area contributed by atoms with Crippen LogP contribution < -0.4 is 15.1 Å². The standard InChI is InChI=1S/C20H22N2O5S/c1-4-26-13-10-9-11-7-5-6-8-12(11)15(13)27-21-14-17(23)22-16(19(24)25)20(2,3)28-18(14)22/h5-10,14,16,18,21H,4H2,1-3H3,(H,24,25)/t14-,16+,18-/m1/s1. The number of ether oxygens (including phenoxy) is 1. The summed E-state index contributed by atoms with van der Waals surface area (Å²) in [7, 11) is 0. The number of carbonyl (C=O) groups is 2. The van der Waals surface area contributed by atoms with Crippen molar-refractivity contribution >= 4 is 34.4 Å². The van der Waals surface area contributed by atoms with Crippen LogP contribution in [0.4, 0.5) is 0 Å². The molecule has 2 heterocycles. The van der Waals surface area contributed by atoms with E-state index in [0.29, 0.717) is 18.1 Å². The zero-order valence-corrected chi connectivity index (χ0v) is 16.7. The number of hydroxylamine groups is 1. The highest BCUT2D eigenvalue weighted by Crippen LogP contribution is 2.51. The van der Waals surface area contributed by atoms with Crippen molar-refractivity contribution in [2.75, 3.05) is 6.61 Å². The van der Waals surface area contributed by atoms with Crippen molar-refractivity contribution in [1.82, 2.24) is 10.4 Å². The van der Waals surface area contributed by atoms with Crippen LogP contribution in [0.3, 0.4) is 0 Å². The molecule has 2 N–H and O–H groups in total. The summed E-state index contributed by atoms with van der Waals surface area (Å²) in [5.74, 6) is -0.155. The molecule has 2 fully saturated rings. The summed E-state index contributed by atoms with van der Waals surface area (Å²) in [4.78, 5) is 31.5. The molecule has 2 aromatic rings. The molecule has 148 valence electrons. The number of carbonyl (C=O) groups excluding carboxylic acids is 1. The molecule has 2 saturated heterocycles. The van der Waals surface area contributed by atoms with Crippen LogP contribution in [0.5, 0.6) is 11.5 Å². The minimum Gasteiger partial charge on any atom is -0.490 e. The lowest BCUT2D eigenvalue weighted by Gasteiger charge is -2.43. The molecule has 28 heavy (non-hydrogen) atoms. The van der Waals surface area contributed by atoms with E-state index in [1.807, 2.05) is 57.2 Å². The maximum absolute atomic E-state index is 12.6. The van der Waals surface area contributed by atoms with Crippen LogP contribution in [-0.4, -0.2) is 50.7 Å². The van der Waals surface area contributed by atoms with Gasteiger partial charge in [-0.2, -0.15) is 0 Å². The number of hydrogen-bond donors (Lipinski definition) is 2. The van der Waals surface area contributed by atoms with Gasteiger partial charge in [0.2, 0.25) is 5.91 Å². The normalized spacial score (nSPS) is 25.3. The lowest BCUT2D eigenvalue weighted by molar-refractivity contribution is -0.163. The van der Waals surface area contributed by atoms with E-state index in [1.54, 1.807) is 0 Å². The molecule has 2 aliphatic rings. The topological polar surface area (TPSA) is 88.1 Å². The minimum absolute atomic E-state index is 0.270. The number of rotatable bonds is 6. The Kier molecular flexibility index (Phi) is 4.63. The number of aliphatic carboxylic acids is 1. The van der Waals surface area contributed by atoms with Crippen LogP contribution >= 0.6 is 11.8 Å². The number of carboxylic acid groups (broad SMARTS) is 1. The molecule has 0 aliphatic carbocycles. The molecule has 2 aromatic carbocycles. The maximum Gasteiger partial charge on any atom is 0.327 e. The summed E-state index contributed by atoms with van der Waals surface area (Å²) in [5.41, 5.74) is 2.86. The lowest BCUT2D eigenvalue weighted by atomic mass is 9.96. The smallest absolute Gasteiger partial charge is 0.327 e. The number of nitrogens with one attached hydrogen (secondary N) is 1. The SMILES string of the molecule is CCOc1ccc2ccccc2c1ON[C@@H]1C(=O)N2[C@@H]1SC(C)(C)[C@@H]2C(=O)O. The van der Waals surface area contributed by atoms with Gasteiger partial charge in [0.05, 0.1) is 6.61 Å². The monoisotopic (exact) mass is 402 g/mol. The Morgan fingerprint density at radius 3 is 2.75 bits per heavy atom. The van der Waals surface area contributed by atoms with E-state index < -0.39 is 22.8 Å². The van der Waals surface area contributed by atoms with Crippen molar-refractivity contribution in [3.63, 3.8) is 0 Å². The molecule has 3 atom stereocenters. The van der Waals surface area contributed by atoms with Crippen molar-refractivity contribution in [3.8, 4) is 11.5 Å². The fraction of sp³-hybridized carbons (Fsp3) is 0.400. The summed E-state index contributed by atoms with van der Waals surface area (Å²) in [6.45, 7) is 6.07. The number of amides is 1. The van der Waals surface area contributed by atoms with E-state index in [0.717, 1.165) is 10.8 Å². The Morgan fingerprint density at radius 2 is 2.04 bits per heavy atom. The van der Waals surface area contributed by atoms with E-state index in [4.69, 9.17) is 9.57 Å². The number of carboxylic acids is 1. The molecule has 0 bridgehead atoms. The first kappa shape index (κ1) is 18.9. The zero-order chi connectivity index (χ0) is 20.1. The molecule has 7 nitrogen and oxygen atoms in total. The number of hydrogen-bond acceptors (Lipinski definition) is 6. The van der Waals surface area contributed by atoms with Gasteiger partial charge in [0, 0.05) is 10.1 Å². The second kappa shape index (κ2) is 6.86. The van der Waals surface area contributed by atoms with Crippen LogP contribution in [0.15, 0.2) is 36.4 Å². The van der Waals surface area contributed by atoms with Crippen LogP contribution in [0.2, 0.25) is 0 Å². The van der Waals surface area contributed by atoms with Crippen molar-refractivity contribution in [3.05, 3.63) is 36.4 Å². The van der Waals surface area contributed by atoms with Gasteiger partial charge in [0.15, 0.2) is 17.5 Å². The average molecular weight is 402 g/mol. The van der Waals surface area contributed by atoms with Gasteiger partial charge in [-0.3, -0.25) is 4.79 Å². The third kappa shape index (κ3) is 2.87. The molecule has 2 aliphatic heterocycles. The summed E-state index contributed by atoms with van der Waals surface area (Å²) in [5, 5.41) is 11.1. The van der Waals surface area contributed by atoms with Crippen molar-refractivity contribution in [2.45, 2.75) is 43.0 Å². The highest BCUT2D eigenvalue weighted by atomic mass is 32.2. The predicted octanol–water partition coefficient (Wildman–Crippen LogP) is 2.64. The first-order chi connectivity index (χ1) is 13.3. The Labute approximate surface area is 166 Å². The Morgan fingerprint density at radius 1 is 1.29 bits per heavy atom. The summed E-state index contributed by atoms with van der Waals surface area (Å²) in [6.07, 6.45) is 0. The minimum atomic E-state index is -0.986. The van der Waals surface area contributed by atoms with Gasteiger partial charge in [-0.15, -0.1) is 17.2 Å². The van der Waals surface area contributed by atoms with E-state index in [1.165, 1.54) is 16.7 Å². The first-order valence-electron chi connectivity index (χ1n) is 9.15. The number of thioether (sulfide) groups is 1. The summed E-state index contributed by atoms with van der Waals surface area (Å²) in [6, 6.07) is 10.1. The molecule has 1 amide bonds. The Bertz CT molecular complexity index is 947. The maximum atomic E-state index is 12.6. The van der Waals surface area contributed by atoms with Gasteiger partial charge in [-0.25, -0.2) is 4.79 Å². The quantitative estimate of drug-likeness (QED) is 0.567. The third-order valence-corrected chi connectivity index (χ3v) is 6.68. The number of fused-ring (bicyclic) bond motifs is 2. The first-order valence-corrected chi connectivity index (χ1v) is 10.0. The average Bonchev–Trinajstić information content (AvgIpc) is 2.91. The molecule has 0 saturated carbocycles. The van der Waals surface area contributed by atoms with Gasteiger partial charge in [-0.1, -0.05) is 30.3 Å². The highest BCUT2D eigenvalue weighted by molar-refractivity contribution is 8.01. The molecular formula is C20H22N2O5S. The van der Waals surface area contributed by atoms with E-state index in [9.17, 15) is 14.7 Å². The van der Waals surface area contributed by atoms with Gasteiger partial charge in [0.25, 0.3) is 0 Å². The van der Waals surface area contributed by atoms with Crippen LogP contribution in [0.25, 0.3) is 10.8 Å². The second-order valence-electron chi connectivity index (χ2n) is 7.34. The van der Waals surface area contributed by atoms with Crippen molar-refractivity contribution in [2.24, 2.45) is 0 Å². The van der Waals surface area contributed by atoms with Crippen LogP contribution in [0.1, 0.15) is 20.8 Å². The number of benzene rings is 2. The molecule has 8 heteroatoms. The molecule has 0 unspecified atom stereocenters.